The maximum atomic E-state index is 12.8. The van der Waals surface area contributed by atoms with Gasteiger partial charge in [-0.05, 0) is 43.7 Å². The van der Waals surface area contributed by atoms with E-state index in [2.05, 4.69) is 46.4 Å². The Labute approximate surface area is 177 Å². The highest BCUT2D eigenvalue weighted by Crippen LogP contribution is 2.33. The summed E-state index contributed by atoms with van der Waals surface area (Å²) < 4.78 is 7.19. The van der Waals surface area contributed by atoms with Gasteiger partial charge in [0.2, 0.25) is 5.91 Å². The fourth-order valence-corrected chi connectivity index (χ4v) is 4.04. The average Bonchev–Trinajstić information content (AvgIpc) is 3.10. The molecule has 1 aliphatic rings. The zero-order valence-electron chi connectivity index (χ0n) is 17.8. The van der Waals surface area contributed by atoms with Crippen LogP contribution in [0, 0.1) is 13.8 Å². The summed E-state index contributed by atoms with van der Waals surface area (Å²) in [5.41, 5.74) is 5.47. The van der Waals surface area contributed by atoms with Gasteiger partial charge in [-0.3, -0.25) is 9.48 Å². The van der Waals surface area contributed by atoms with Crippen molar-refractivity contribution in [2.45, 2.75) is 20.4 Å². The van der Waals surface area contributed by atoms with Crippen molar-refractivity contribution in [3.8, 4) is 16.9 Å². The lowest BCUT2D eigenvalue weighted by atomic mass is 10.0. The van der Waals surface area contributed by atoms with Gasteiger partial charge in [0.15, 0.2) is 0 Å². The Morgan fingerprint density at radius 1 is 1.00 bits per heavy atom. The predicted octanol–water partition coefficient (Wildman–Crippen LogP) is 3.52. The third-order valence-electron chi connectivity index (χ3n) is 5.65. The van der Waals surface area contributed by atoms with Crippen LogP contribution in [0.3, 0.4) is 0 Å². The average molecular weight is 405 g/mol. The molecule has 1 aromatic heterocycles. The van der Waals surface area contributed by atoms with Crippen LogP contribution in [0.2, 0.25) is 0 Å². The lowest BCUT2D eigenvalue weighted by Gasteiger charge is -2.37. The number of nitrogens with zero attached hydrogens (tertiary/aromatic N) is 4. The molecule has 0 bridgehead atoms. The van der Waals surface area contributed by atoms with Crippen molar-refractivity contribution in [2.75, 3.05) is 38.2 Å². The fraction of sp³-hybridized carbons (Fsp3) is 0.333. The molecule has 30 heavy (non-hydrogen) atoms. The molecule has 1 amide bonds. The van der Waals surface area contributed by atoms with E-state index < -0.39 is 0 Å². The highest BCUT2D eigenvalue weighted by Gasteiger charge is 2.23. The van der Waals surface area contributed by atoms with Crippen LogP contribution in [-0.4, -0.2) is 53.9 Å². The molecule has 156 valence electrons. The van der Waals surface area contributed by atoms with Gasteiger partial charge in [-0.15, -0.1) is 0 Å². The van der Waals surface area contributed by atoms with Crippen LogP contribution in [-0.2, 0) is 11.3 Å². The van der Waals surface area contributed by atoms with E-state index in [0.717, 1.165) is 35.8 Å². The number of amides is 1. The molecular weight excluding hydrogens is 376 g/mol. The Morgan fingerprint density at radius 2 is 1.77 bits per heavy atom. The molecule has 0 spiro atoms. The van der Waals surface area contributed by atoms with Crippen molar-refractivity contribution in [1.29, 1.82) is 0 Å². The number of anilines is 1. The van der Waals surface area contributed by atoms with Crippen LogP contribution in [0.4, 0.5) is 5.69 Å². The van der Waals surface area contributed by atoms with E-state index >= 15 is 0 Å². The van der Waals surface area contributed by atoms with Crippen molar-refractivity contribution < 1.29 is 9.53 Å². The molecule has 4 rings (SSSR count). The smallest absolute Gasteiger partial charge is 0.244 e. The van der Waals surface area contributed by atoms with Crippen LogP contribution in [0.15, 0.2) is 54.6 Å². The minimum absolute atomic E-state index is 0.127. The van der Waals surface area contributed by atoms with Gasteiger partial charge in [-0.25, -0.2) is 0 Å². The number of ether oxygens (including phenoxy) is 1. The molecule has 6 heteroatoms. The van der Waals surface area contributed by atoms with Crippen LogP contribution in [0.1, 0.15) is 11.4 Å². The Balaban J connectivity index is 1.45. The zero-order valence-corrected chi connectivity index (χ0v) is 17.8. The molecular formula is C24H28N4O2. The Morgan fingerprint density at radius 3 is 2.47 bits per heavy atom. The summed E-state index contributed by atoms with van der Waals surface area (Å²) in [7, 11) is 1.69. The molecule has 1 aliphatic heterocycles. The number of benzene rings is 2. The number of rotatable bonds is 5. The molecule has 0 unspecified atom stereocenters. The topological polar surface area (TPSA) is 50.6 Å². The van der Waals surface area contributed by atoms with Gasteiger partial charge < -0.3 is 14.5 Å². The molecule has 0 aliphatic carbocycles. The third kappa shape index (κ3) is 4.17. The van der Waals surface area contributed by atoms with E-state index in [0.29, 0.717) is 19.6 Å². The van der Waals surface area contributed by atoms with E-state index in [1.165, 1.54) is 11.3 Å². The molecule has 2 heterocycles. The lowest BCUT2D eigenvalue weighted by Crippen LogP contribution is -2.49. The number of carbonyl (C=O) groups excluding carboxylic acids is 1. The molecule has 0 saturated carbocycles. The maximum absolute atomic E-state index is 12.8. The quantitative estimate of drug-likeness (QED) is 0.653. The first-order chi connectivity index (χ1) is 14.5. The van der Waals surface area contributed by atoms with Gasteiger partial charge in [-0.1, -0.05) is 30.3 Å². The van der Waals surface area contributed by atoms with Crippen molar-refractivity contribution in [1.82, 2.24) is 14.7 Å². The maximum Gasteiger partial charge on any atom is 0.244 e. The summed E-state index contributed by atoms with van der Waals surface area (Å²) in [5, 5.41) is 4.42. The Hall–Kier alpha value is -3.28. The number of aromatic nitrogens is 2. The van der Waals surface area contributed by atoms with E-state index in [1.54, 1.807) is 11.8 Å². The van der Waals surface area contributed by atoms with Crippen molar-refractivity contribution >= 4 is 11.6 Å². The second-order valence-electron chi connectivity index (χ2n) is 7.70. The molecule has 1 saturated heterocycles. The van der Waals surface area contributed by atoms with Gasteiger partial charge in [-0.2, -0.15) is 5.10 Å². The molecule has 1 fully saturated rings. The summed E-state index contributed by atoms with van der Waals surface area (Å²) in [6.07, 6.45) is 0. The van der Waals surface area contributed by atoms with Crippen LogP contribution in [0.5, 0.6) is 5.75 Å². The highest BCUT2D eigenvalue weighted by molar-refractivity contribution is 5.80. The monoisotopic (exact) mass is 404 g/mol. The second-order valence-corrected chi connectivity index (χ2v) is 7.70. The molecule has 3 aromatic rings. The van der Waals surface area contributed by atoms with Crippen LogP contribution >= 0.6 is 0 Å². The number of para-hydroxylation sites is 1. The summed E-state index contributed by atoms with van der Waals surface area (Å²) in [6, 6.07) is 18.6. The van der Waals surface area contributed by atoms with E-state index in [-0.39, 0.29) is 5.91 Å². The van der Waals surface area contributed by atoms with Gasteiger partial charge in [0, 0.05) is 43.1 Å². The first kappa shape index (κ1) is 20.0. The first-order valence-corrected chi connectivity index (χ1v) is 10.3. The zero-order chi connectivity index (χ0) is 21.1. The normalized spacial score (nSPS) is 14.1. The minimum Gasteiger partial charge on any atom is -0.497 e. The largest absolute Gasteiger partial charge is 0.497 e. The van der Waals surface area contributed by atoms with E-state index in [9.17, 15) is 4.79 Å². The number of hydrogen-bond acceptors (Lipinski definition) is 4. The number of piperazine rings is 1. The van der Waals surface area contributed by atoms with E-state index in [4.69, 9.17) is 4.74 Å². The number of hydrogen-bond donors (Lipinski definition) is 0. The molecule has 0 N–H and O–H groups in total. The number of carbonyl (C=O) groups is 1. The first-order valence-electron chi connectivity index (χ1n) is 10.3. The van der Waals surface area contributed by atoms with Gasteiger partial charge in [0.1, 0.15) is 12.3 Å². The summed E-state index contributed by atoms with van der Waals surface area (Å²) >= 11 is 0. The van der Waals surface area contributed by atoms with Gasteiger partial charge in [0.25, 0.3) is 0 Å². The summed E-state index contributed by atoms with van der Waals surface area (Å²) in [6.45, 7) is 7.29. The van der Waals surface area contributed by atoms with Crippen LogP contribution < -0.4 is 9.64 Å². The predicted molar refractivity (Wildman–Crippen MR) is 119 cm³/mol. The Kier molecular flexibility index (Phi) is 5.74. The SMILES string of the molecule is COc1cccc(-c2ccccc2N2CCN(C(=O)Cn3nc(C)cc3C)CC2)c1. The minimum atomic E-state index is 0.127. The molecule has 0 atom stereocenters. The van der Waals surface area contributed by atoms with Crippen molar-refractivity contribution in [2.24, 2.45) is 0 Å². The molecule has 6 nitrogen and oxygen atoms in total. The second kappa shape index (κ2) is 8.61. The van der Waals surface area contributed by atoms with Crippen molar-refractivity contribution in [3.63, 3.8) is 0 Å². The Bertz CT molecular complexity index is 1040. The molecule has 2 aromatic carbocycles. The third-order valence-corrected chi connectivity index (χ3v) is 5.65. The molecule has 0 radical (unpaired) electrons. The fourth-order valence-electron chi connectivity index (χ4n) is 4.04. The highest BCUT2D eigenvalue weighted by atomic mass is 16.5. The lowest BCUT2D eigenvalue weighted by molar-refractivity contribution is -0.132. The van der Waals surface area contributed by atoms with E-state index in [1.807, 2.05) is 36.9 Å². The van der Waals surface area contributed by atoms with Crippen LogP contribution in [0.25, 0.3) is 11.1 Å². The van der Waals surface area contributed by atoms with Gasteiger partial charge >= 0.3 is 0 Å². The number of aryl methyl sites for hydroxylation is 2. The number of methoxy groups -OCH3 is 1. The van der Waals surface area contributed by atoms with Gasteiger partial charge in [0.05, 0.1) is 12.8 Å². The summed E-state index contributed by atoms with van der Waals surface area (Å²) in [4.78, 5) is 17.1. The summed E-state index contributed by atoms with van der Waals surface area (Å²) in [5.74, 6) is 0.976. The standard InChI is InChI=1S/C24H28N4O2/c1-18-15-19(2)28(25-18)17-24(29)27-13-11-26(12-14-27)23-10-5-4-9-22(23)20-7-6-8-21(16-20)30-3/h4-10,15-16H,11-14,17H2,1-3H3. The van der Waals surface area contributed by atoms with Crippen molar-refractivity contribution in [3.05, 3.63) is 66.0 Å².